The largest absolute Gasteiger partial charge is 0.302 e. The van der Waals surface area contributed by atoms with E-state index in [0.29, 0.717) is 12.1 Å². The van der Waals surface area contributed by atoms with E-state index in [1.165, 1.54) is 54.4 Å². The maximum atomic E-state index is 4.94. The van der Waals surface area contributed by atoms with Crippen LogP contribution in [0.3, 0.4) is 0 Å². The molecule has 2 aliphatic heterocycles. The van der Waals surface area contributed by atoms with Gasteiger partial charge in [-0.25, -0.2) is 4.98 Å². The number of nitrogens with zero attached hydrogens (tertiary/aromatic N) is 2. The quantitative estimate of drug-likeness (QED) is 0.927. The van der Waals surface area contributed by atoms with Crippen LogP contribution in [0.2, 0.25) is 0 Å². The predicted octanol–water partition coefficient (Wildman–Crippen LogP) is 3.21. The minimum absolute atomic E-state index is 0.0955. The van der Waals surface area contributed by atoms with E-state index < -0.39 is 0 Å². The van der Waals surface area contributed by atoms with E-state index in [2.05, 4.69) is 37.9 Å². The first-order chi connectivity index (χ1) is 9.53. The monoisotopic (exact) mass is 293 g/mol. The zero-order valence-electron chi connectivity index (χ0n) is 13.2. The van der Waals surface area contributed by atoms with E-state index in [1.807, 2.05) is 11.3 Å². The standard InChI is InChI=1S/C16H27N3S/c1-11(2)18-16(15-17-12(3)13(4)20-15)8-10-19-9-6-5-7-14(16)19/h11,14,18H,5-10H2,1-4H3. The van der Waals surface area contributed by atoms with Crippen molar-refractivity contribution in [2.75, 3.05) is 13.1 Å². The molecule has 0 aromatic carbocycles. The summed E-state index contributed by atoms with van der Waals surface area (Å²) in [4.78, 5) is 9.01. The van der Waals surface area contributed by atoms with Gasteiger partial charge in [-0.2, -0.15) is 0 Å². The second kappa shape index (κ2) is 5.39. The molecule has 112 valence electrons. The Hall–Kier alpha value is -0.450. The molecule has 2 aliphatic rings. The number of hydrogen-bond acceptors (Lipinski definition) is 4. The van der Waals surface area contributed by atoms with Gasteiger partial charge in [-0.1, -0.05) is 6.42 Å². The van der Waals surface area contributed by atoms with Crippen molar-refractivity contribution in [3.05, 3.63) is 15.6 Å². The number of rotatable bonds is 3. The van der Waals surface area contributed by atoms with Crippen LogP contribution in [-0.4, -0.2) is 35.1 Å². The molecule has 1 aromatic rings. The first-order valence-corrected chi connectivity index (χ1v) is 8.81. The summed E-state index contributed by atoms with van der Waals surface area (Å²) in [6.45, 7) is 11.4. The van der Waals surface area contributed by atoms with E-state index in [9.17, 15) is 0 Å². The Morgan fingerprint density at radius 3 is 2.75 bits per heavy atom. The van der Waals surface area contributed by atoms with E-state index >= 15 is 0 Å². The first-order valence-electron chi connectivity index (χ1n) is 7.99. The van der Waals surface area contributed by atoms with Crippen molar-refractivity contribution in [3.8, 4) is 0 Å². The summed E-state index contributed by atoms with van der Waals surface area (Å²) in [5.41, 5.74) is 1.31. The molecule has 0 radical (unpaired) electrons. The average Bonchev–Trinajstić information content (AvgIpc) is 2.93. The second-order valence-electron chi connectivity index (χ2n) is 6.73. The molecule has 1 aromatic heterocycles. The molecule has 20 heavy (non-hydrogen) atoms. The molecule has 4 heteroatoms. The van der Waals surface area contributed by atoms with Crippen LogP contribution in [0.1, 0.15) is 55.1 Å². The number of nitrogens with one attached hydrogen (secondary N) is 1. The van der Waals surface area contributed by atoms with Crippen molar-refractivity contribution in [1.82, 2.24) is 15.2 Å². The molecule has 2 unspecified atom stereocenters. The molecule has 2 fully saturated rings. The van der Waals surface area contributed by atoms with Crippen LogP contribution in [0.5, 0.6) is 0 Å². The molecule has 2 saturated heterocycles. The number of thiazole rings is 1. The highest BCUT2D eigenvalue weighted by atomic mass is 32.1. The molecular weight excluding hydrogens is 266 g/mol. The van der Waals surface area contributed by atoms with Crippen LogP contribution in [0.25, 0.3) is 0 Å². The number of aromatic nitrogens is 1. The lowest BCUT2D eigenvalue weighted by Gasteiger charge is -2.41. The molecule has 3 heterocycles. The van der Waals surface area contributed by atoms with E-state index in [-0.39, 0.29) is 5.54 Å². The fourth-order valence-electron chi connectivity index (χ4n) is 3.96. The molecular formula is C16H27N3S. The van der Waals surface area contributed by atoms with Crippen molar-refractivity contribution in [3.63, 3.8) is 0 Å². The van der Waals surface area contributed by atoms with Gasteiger partial charge in [-0.05, 0) is 53.5 Å². The Morgan fingerprint density at radius 2 is 2.10 bits per heavy atom. The zero-order chi connectivity index (χ0) is 14.3. The highest BCUT2D eigenvalue weighted by molar-refractivity contribution is 7.11. The maximum absolute atomic E-state index is 4.94. The number of fused-ring (bicyclic) bond motifs is 1. The normalized spacial score (nSPS) is 30.9. The van der Waals surface area contributed by atoms with Gasteiger partial charge >= 0.3 is 0 Å². The third-order valence-electron chi connectivity index (χ3n) is 4.93. The summed E-state index contributed by atoms with van der Waals surface area (Å²) in [6.07, 6.45) is 5.26. The fourth-order valence-corrected chi connectivity index (χ4v) is 5.11. The first kappa shape index (κ1) is 14.5. The van der Waals surface area contributed by atoms with Gasteiger partial charge in [0.1, 0.15) is 5.01 Å². The van der Waals surface area contributed by atoms with Crippen LogP contribution in [0.4, 0.5) is 0 Å². The van der Waals surface area contributed by atoms with Crippen molar-refractivity contribution >= 4 is 11.3 Å². The van der Waals surface area contributed by atoms with Gasteiger partial charge in [0.25, 0.3) is 0 Å². The van der Waals surface area contributed by atoms with E-state index in [0.717, 1.165) is 0 Å². The summed E-state index contributed by atoms with van der Waals surface area (Å²) < 4.78 is 0. The zero-order valence-corrected chi connectivity index (χ0v) is 14.0. The lowest BCUT2D eigenvalue weighted by molar-refractivity contribution is 0.130. The van der Waals surface area contributed by atoms with Crippen LogP contribution < -0.4 is 5.32 Å². The van der Waals surface area contributed by atoms with Crippen LogP contribution in [-0.2, 0) is 5.54 Å². The molecule has 2 atom stereocenters. The number of aryl methyl sites for hydroxylation is 2. The average molecular weight is 293 g/mol. The third kappa shape index (κ3) is 2.32. The van der Waals surface area contributed by atoms with Crippen molar-refractivity contribution < 1.29 is 0 Å². The molecule has 0 amide bonds. The smallest absolute Gasteiger partial charge is 0.115 e. The maximum Gasteiger partial charge on any atom is 0.115 e. The minimum Gasteiger partial charge on any atom is -0.302 e. The summed E-state index contributed by atoms with van der Waals surface area (Å²) in [6, 6.07) is 1.14. The van der Waals surface area contributed by atoms with Crippen LogP contribution >= 0.6 is 11.3 Å². The Morgan fingerprint density at radius 1 is 1.30 bits per heavy atom. The Balaban J connectivity index is 2.00. The van der Waals surface area contributed by atoms with E-state index in [4.69, 9.17) is 4.98 Å². The SMILES string of the molecule is Cc1nc(C2(NC(C)C)CCN3CCCCC32)sc1C. The fraction of sp³-hybridized carbons (Fsp3) is 0.812. The molecule has 0 bridgehead atoms. The molecule has 0 spiro atoms. The Bertz CT molecular complexity index is 463. The molecule has 3 rings (SSSR count). The van der Waals surface area contributed by atoms with Crippen molar-refractivity contribution in [1.29, 1.82) is 0 Å². The second-order valence-corrected chi connectivity index (χ2v) is 7.93. The number of hydrogen-bond donors (Lipinski definition) is 1. The van der Waals surface area contributed by atoms with Crippen molar-refractivity contribution in [2.45, 2.75) is 71.0 Å². The Labute approximate surface area is 126 Å². The molecule has 3 nitrogen and oxygen atoms in total. The lowest BCUT2D eigenvalue weighted by Crippen LogP contribution is -2.55. The molecule has 0 aliphatic carbocycles. The summed E-state index contributed by atoms with van der Waals surface area (Å²) >= 11 is 1.91. The van der Waals surface area contributed by atoms with E-state index in [1.54, 1.807) is 0 Å². The van der Waals surface area contributed by atoms with Gasteiger partial charge in [0.05, 0.1) is 11.2 Å². The highest BCUT2D eigenvalue weighted by Crippen LogP contribution is 2.44. The predicted molar refractivity (Wildman–Crippen MR) is 85.4 cm³/mol. The Kier molecular flexibility index (Phi) is 3.91. The number of piperidine rings is 1. The molecule has 0 saturated carbocycles. The summed E-state index contributed by atoms with van der Waals surface area (Å²) in [5, 5.41) is 5.25. The van der Waals surface area contributed by atoms with Gasteiger partial charge in [0, 0.05) is 23.5 Å². The highest BCUT2D eigenvalue weighted by Gasteiger charge is 2.51. The van der Waals surface area contributed by atoms with Crippen molar-refractivity contribution in [2.24, 2.45) is 0 Å². The van der Waals surface area contributed by atoms with Crippen LogP contribution in [0, 0.1) is 13.8 Å². The van der Waals surface area contributed by atoms with Gasteiger partial charge in [0.15, 0.2) is 0 Å². The van der Waals surface area contributed by atoms with Gasteiger partial charge in [-0.3, -0.25) is 4.90 Å². The van der Waals surface area contributed by atoms with Gasteiger partial charge in [0.2, 0.25) is 0 Å². The molecule has 1 N–H and O–H groups in total. The van der Waals surface area contributed by atoms with Gasteiger partial charge in [-0.15, -0.1) is 11.3 Å². The lowest BCUT2D eigenvalue weighted by atomic mass is 9.85. The summed E-state index contributed by atoms with van der Waals surface area (Å²) in [7, 11) is 0. The topological polar surface area (TPSA) is 28.2 Å². The van der Waals surface area contributed by atoms with Gasteiger partial charge < -0.3 is 5.32 Å². The summed E-state index contributed by atoms with van der Waals surface area (Å²) in [5.74, 6) is 0. The minimum atomic E-state index is 0.0955. The van der Waals surface area contributed by atoms with Crippen LogP contribution in [0.15, 0.2) is 0 Å². The third-order valence-corrected chi connectivity index (χ3v) is 6.18.